The van der Waals surface area contributed by atoms with Gasteiger partial charge in [0.05, 0.1) is 11.5 Å². The third-order valence-corrected chi connectivity index (χ3v) is 6.16. The van der Waals surface area contributed by atoms with E-state index in [2.05, 4.69) is 19.2 Å². The molecule has 1 fully saturated rings. The van der Waals surface area contributed by atoms with Crippen molar-refractivity contribution in [3.8, 4) is 0 Å². The van der Waals surface area contributed by atoms with Crippen LogP contribution in [0.2, 0.25) is 0 Å². The molecule has 0 bridgehead atoms. The highest BCUT2D eigenvalue weighted by Crippen LogP contribution is 2.28. The highest BCUT2D eigenvalue weighted by atomic mass is 32.2. The molecule has 0 spiro atoms. The summed E-state index contributed by atoms with van der Waals surface area (Å²) in [7, 11) is -3.01. The van der Waals surface area contributed by atoms with Crippen LogP contribution in [-0.2, 0) is 9.84 Å². The molecule has 0 saturated carbocycles. The molecule has 5 nitrogen and oxygen atoms in total. The van der Waals surface area contributed by atoms with Crippen LogP contribution in [0.5, 0.6) is 0 Å². The van der Waals surface area contributed by atoms with Gasteiger partial charge in [-0.05, 0) is 37.3 Å². The minimum Gasteiger partial charge on any atom is -0.321 e. The summed E-state index contributed by atoms with van der Waals surface area (Å²) in [5.41, 5.74) is 2.94. The lowest BCUT2D eigenvalue weighted by molar-refractivity contribution is 0.197. The third kappa shape index (κ3) is 4.05. The predicted molar refractivity (Wildman–Crippen MR) is 93.7 cm³/mol. The average molecular weight is 338 g/mol. The Kier molecular flexibility index (Phi) is 5.34. The quantitative estimate of drug-likeness (QED) is 0.917. The molecule has 1 N–H and O–H groups in total. The molecule has 2 amide bonds. The molecule has 2 rings (SSSR count). The first-order valence-electron chi connectivity index (χ1n) is 8.12. The zero-order valence-corrected chi connectivity index (χ0v) is 15.1. The Bertz CT molecular complexity index is 683. The number of rotatable bonds is 4. The van der Waals surface area contributed by atoms with Crippen LogP contribution in [-0.4, -0.2) is 43.4 Å². The topological polar surface area (TPSA) is 66.5 Å². The molecule has 23 heavy (non-hydrogen) atoms. The molecular formula is C17H26N2O3S. The number of para-hydroxylation sites is 1. The highest BCUT2D eigenvalue weighted by Gasteiger charge is 2.34. The van der Waals surface area contributed by atoms with Gasteiger partial charge < -0.3 is 10.2 Å². The minimum absolute atomic E-state index is 0.0685. The smallest absolute Gasteiger partial charge is 0.321 e. The fourth-order valence-corrected chi connectivity index (χ4v) is 4.84. The molecule has 0 aromatic heterocycles. The van der Waals surface area contributed by atoms with Gasteiger partial charge in [-0.1, -0.05) is 32.0 Å². The molecule has 1 atom stereocenters. The lowest BCUT2D eigenvalue weighted by atomic mass is 9.98. The van der Waals surface area contributed by atoms with Crippen molar-refractivity contribution in [1.29, 1.82) is 0 Å². The summed E-state index contributed by atoms with van der Waals surface area (Å²) in [6.45, 7) is 8.52. The Morgan fingerprint density at radius 1 is 1.39 bits per heavy atom. The fraction of sp³-hybridized carbons (Fsp3) is 0.588. The van der Waals surface area contributed by atoms with Crippen molar-refractivity contribution < 1.29 is 13.2 Å². The van der Waals surface area contributed by atoms with Gasteiger partial charge in [0.2, 0.25) is 0 Å². The van der Waals surface area contributed by atoms with Gasteiger partial charge in [0.1, 0.15) is 0 Å². The maximum atomic E-state index is 12.7. The Morgan fingerprint density at radius 2 is 2.09 bits per heavy atom. The van der Waals surface area contributed by atoms with Gasteiger partial charge in [-0.15, -0.1) is 0 Å². The number of carbonyl (C=O) groups is 1. The number of sulfone groups is 1. The zero-order chi connectivity index (χ0) is 17.2. The first-order valence-corrected chi connectivity index (χ1v) is 9.95. The first kappa shape index (κ1) is 17.8. The Balaban J connectivity index is 2.21. The molecule has 1 aliphatic heterocycles. The van der Waals surface area contributed by atoms with E-state index in [-0.39, 0.29) is 23.6 Å². The van der Waals surface area contributed by atoms with Crippen molar-refractivity contribution >= 4 is 21.6 Å². The maximum absolute atomic E-state index is 12.7. The summed E-state index contributed by atoms with van der Waals surface area (Å²) in [6, 6.07) is 5.53. The number of aryl methyl sites for hydroxylation is 1. The molecule has 0 radical (unpaired) electrons. The lowest BCUT2D eigenvalue weighted by Gasteiger charge is -2.28. The average Bonchev–Trinajstić information content (AvgIpc) is 2.81. The molecule has 128 valence electrons. The van der Waals surface area contributed by atoms with Gasteiger partial charge in [0, 0.05) is 18.3 Å². The van der Waals surface area contributed by atoms with Crippen LogP contribution in [0, 0.1) is 6.92 Å². The van der Waals surface area contributed by atoms with Gasteiger partial charge in [0.15, 0.2) is 9.84 Å². The molecule has 1 saturated heterocycles. The van der Waals surface area contributed by atoms with Gasteiger partial charge in [0.25, 0.3) is 0 Å². The minimum atomic E-state index is -3.01. The number of amides is 2. The van der Waals surface area contributed by atoms with Crippen molar-refractivity contribution in [3.63, 3.8) is 0 Å². The summed E-state index contributed by atoms with van der Waals surface area (Å²) >= 11 is 0. The number of hydrogen-bond donors (Lipinski definition) is 1. The van der Waals surface area contributed by atoms with E-state index in [0.29, 0.717) is 18.9 Å². The van der Waals surface area contributed by atoms with E-state index in [1.807, 2.05) is 32.0 Å². The standard InChI is InChI=1S/C17H26N2O3S/c1-5-19(14-9-10-23(21,22)11-14)17(20)18-16-13(4)7-6-8-15(16)12(2)3/h6-8,12,14H,5,9-11H2,1-4H3,(H,18,20). The number of benzene rings is 1. The van der Waals surface area contributed by atoms with Crippen molar-refractivity contribution in [2.75, 3.05) is 23.4 Å². The van der Waals surface area contributed by atoms with Crippen molar-refractivity contribution in [2.24, 2.45) is 0 Å². The second kappa shape index (κ2) is 6.91. The molecule has 1 aromatic rings. The lowest BCUT2D eigenvalue weighted by Crippen LogP contribution is -2.43. The van der Waals surface area contributed by atoms with Crippen LogP contribution in [0.1, 0.15) is 44.2 Å². The van der Waals surface area contributed by atoms with Crippen LogP contribution in [0.15, 0.2) is 18.2 Å². The number of hydrogen-bond acceptors (Lipinski definition) is 3. The molecule has 0 aliphatic carbocycles. The van der Waals surface area contributed by atoms with Crippen LogP contribution in [0.4, 0.5) is 10.5 Å². The molecule has 6 heteroatoms. The normalized spacial score (nSPS) is 19.8. The monoisotopic (exact) mass is 338 g/mol. The van der Waals surface area contributed by atoms with E-state index in [1.165, 1.54) is 0 Å². The summed E-state index contributed by atoms with van der Waals surface area (Å²) < 4.78 is 23.4. The Morgan fingerprint density at radius 3 is 2.61 bits per heavy atom. The van der Waals surface area contributed by atoms with E-state index in [4.69, 9.17) is 0 Å². The van der Waals surface area contributed by atoms with Crippen molar-refractivity contribution in [3.05, 3.63) is 29.3 Å². The first-order chi connectivity index (χ1) is 10.7. The third-order valence-electron chi connectivity index (χ3n) is 4.41. The largest absolute Gasteiger partial charge is 0.322 e. The number of nitrogens with one attached hydrogen (secondary N) is 1. The van der Waals surface area contributed by atoms with Gasteiger partial charge in [-0.25, -0.2) is 13.2 Å². The molecule has 1 unspecified atom stereocenters. The summed E-state index contributed by atoms with van der Waals surface area (Å²) in [4.78, 5) is 14.3. The summed E-state index contributed by atoms with van der Waals surface area (Å²) in [6.07, 6.45) is 0.522. The van der Waals surface area contributed by atoms with E-state index < -0.39 is 9.84 Å². The SMILES string of the molecule is CCN(C(=O)Nc1c(C)cccc1C(C)C)C1CCS(=O)(=O)C1. The molecule has 1 heterocycles. The molecular weight excluding hydrogens is 312 g/mol. The van der Waals surface area contributed by atoms with E-state index in [1.54, 1.807) is 4.90 Å². The second-order valence-electron chi connectivity index (χ2n) is 6.47. The number of carbonyl (C=O) groups excluding carboxylic acids is 1. The Hall–Kier alpha value is -1.56. The second-order valence-corrected chi connectivity index (χ2v) is 8.70. The summed E-state index contributed by atoms with van der Waals surface area (Å²) in [5, 5.41) is 3.01. The van der Waals surface area contributed by atoms with Gasteiger partial charge >= 0.3 is 6.03 Å². The van der Waals surface area contributed by atoms with Crippen LogP contribution < -0.4 is 5.32 Å². The van der Waals surface area contributed by atoms with Crippen molar-refractivity contribution in [1.82, 2.24) is 4.90 Å². The van der Waals surface area contributed by atoms with Gasteiger partial charge in [-0.2, -0.15) is 0 Å². The van der Waals surface area contributed by atoms with Crippen LogP contribution >= 0.6 is 0 Å². The van der Waals surface area contributed by atoms with Crippen LogP contribution in [0.3, 0.4) is 0 Å². The van der Waals surface area contributed by atoms with Gasteiger partial charge in [-0.3, -0.25) is 0 Å². The fourth-order valence-electron chi connectivity index (χ4n) is 3.11. The molecule has 1 aliphatic rings. The van der Waals surface area contributed by atoms with E-state index in [9.17, 15) is 13.2 Å². The van der Waals surface area contributed by atoms with E-state index in [0.717, 1.165) is 16.8 Å². The Labute approximate surface area is 139 Å². The molecule has 1 aromatic carbocycles. The van der Waals surface area contributed by atoms with E-state index >= 15 is 0 Å². The number of nitrogens with zero attached hydrogens (tertiary/aromatic N) is 1. The number of anilines is 1. The van der Waals surface area contributed by atoms with Crippen molar-refractivity contribution in [2.45, 2.75) is 46.1 Å². The predicted octanol–water partition coefficient (Wildman–Crippen LogP) is 3.16. The summed E-state index contributed by atoms with van der Waals surface area (Å²) in [5.74, 6) is 0.536. The number of urea groups is 1. The highest BCUT2D eigenvalue weighted by molar-refractivity contribution is 7.91. The maximum Gasteiger partial charge on any atom is 0.322 e. The zero-order valence-electron chi connectivity index (χ0n) is 14.3. The van der Waals surface area contributed by atoms with Crippen LogP contribution in [0.25, 0.3) is 0 Å².